The summed E-state index contributed by atoms with van der Waals surface area (Å²) in [5, 5.41) is 3.44. The van der Waals surface area contributed by atoms with E-state index in [9.17, 15) is 0 Å². The van der Waals surface area contributed by atoms with Crippen LogP contribution >= 0.6 is 0 Å². The molecule has 1 fully saturated rings. The number of hydrogen-bond donors (Lipinski definition) is 0. The van der Waals surface area contributed by atoms with Crippen LogP contribution in [0.5, 0.6) is 0 Å². The Morgan fingerprint density at radius 2 is 2.58 bits per heavy atom. The number of hydrogen-bond acceptors (Lipinski definition) is 3. The molecule has 62 valence electrons. The van der Waals surface area contributed by atoms with Crippen molar-refractivity contribution in [1.29, 1.82) is 0 Å². The van der Waals surface area contributed by atoms with Crippen molar-refractivity contribution in [2.24, 2.45) is 5.11 Å². The van der Waals surface area contributed by atoms with E-state index in [1.165, 1.54) is 19.2 Å². The smallest absolute Gasteiger partial charge is 0.181 e. The van der Waals surface area contributed by atoms with Crippen LogP contribution in [0.25, 0.3) is 10.4 Å². The Hall–Kier alpha value is -1.48. The Bertz CT molecular complexity index is 322. The lowest BCUT2D eigenvalue weighted by Gasteiger charge is -1.91. The van der Waals surface area contributed by atoms with Gasteiger partial charge in [-0.1, -0.05) is 5.11 Å². The summed E-state index contributed by atoms with van der Waals surface area (Å²) in [5.74, 6) is 1.43. The predicted molar refractivity (Wildman–Crippen MR) is 41.3 cm³/mol. The molecule has 0 bridgehead atoms. The van der Waals surface area contributed by atoms with Crippen molar-refractivity contribution in [3.8, 4) is 0 Å². The van der Waals surface area contributed by atoms with Crippen molar-refractivity contribution in [3.05, 3.63) is 28.3 Å². The van der Waals surface area contributed by atoms with Crippen LogP contribution in [0.3, 0.4) is 0 Å². The molecule has 1 heterocycles. The minimum Gasteiger partial charge on any atom is -0.448 e. The van der Waals surface area contributed by atoms with Crippen LogP contribution in [0, 0.1) is 0 Å². The van der Waals surface area contributed by atoms with E-state index in [4.69, 9.17) is 9.95 Å². The highest BCUT2D eigenvalue weighted by molar-refractivity contribution is 5.17. The molecule has 2 rings (SSSR count). The van der Waals surface area contributed by atoms with Gasteiger partial charge in [-0.05, 0) is 18.4 Å². The van der Waals surface area contributed by atoms with E-state index in [-0.39, 0.29) is 0 Å². The van der Waals surface area contributed by atoms with Gasteiger partial charge in [-0.3, -0.25) is 0 Å². The molecule has 1 aliphatic carbocycles. The SMILES string of the molecule is [N-]=[N+]=NCc1ncoc1C1CC1. The van der Waals surface area contributed by atoms with Crippen LogP contribution in [0.15, 0.2) is 15.9 Å². The van der Waals surface area contributed by atoms with Gasteiger partial charge in [0.05, 0.1) is 12.2 Å². The van der Waals surface area contributed by atoms with E-state index in [2.05, 4.69) is 15.0 Å². The Morgan fingerprint density at radius 3 is 3.25 bits per heavy atom. The van der Waals surface area contributed by atoms with Gasteiger partial charge in [-0.15, -0.1) is 0 Å². The molecule has 12 heavy (non-hydrogen) atoms. The maximum absolute atomic E-state index is 8.11. The second kappa shape index (κ2) is 2.87. The molecular formula is C7H8N4O. The zero-order chi connectivity index (χ0) is 8.39. The molecule has 0 saturated heterocycles. The maximum atomic E-state index is 8.11. The van der Waals surface area contributed by atoms with Crippen molar-refractivity contribution in [2.75, 3.05) is 0 Å². The Balaban J connectivity index is 2.17. The third kappa shape index (κ3) is 1.26. The van der Waals surface area contributed by atoms with Gasteiger partial charge >= 0.3 is 0 Å². The molecule has 5 heteroatoms. The number of aromatic nitrogens is 1. The lowest BCUT2D eigenvalue weighted by molar-refractivity contribution is 0.503. The van der Waals surface area contributed by atoms with Crippen molar-refractivity contribution >= 4 is 0 Å². The largest absolute Gasteiger partial charge is 0.448 e. The van der Waals surface area contributed by atoms with Crippen molar-refractivity contribution in [3.63, 3.8) is 0 Å². The highest BCUT2D eigenvalue weighted by atomic mass is 16.3. The summed E-state index contributed by atoms with van der Waals surface area (Å²) in [5.41, 5.74) is 8.90. The van der Waals surface area contributed by atoms with Gasteiger partial charge in [0.15, 0.2) is 6.39 Å². The topological polar surface area (TPSA) is 74.8 Å². The van der Waals surface area contributed by atoms with Gasteiger partial charge in [0.25, 0.3) is 0 Å². The molecule has 0 N–H and O–H groups in total. The molecule has 1 aromatic rings. The lowest BCUT2D eigenvalue weighted by atomic mass is 10.2. The average Bonchev–Trinajstić information content (AvgIpc) is 2.83. The van der Waals surface area contributed by atoms with E-state index in [1.807, 2.05) is 0 Å². The first-order chi connectivity index (χ1) is 5.92. The first-order valence-corrected chi connectivity index (χ1v) is 3.85. The molecule has 1 aromatic heterocycles. The lowest BCUT2D eigenvalue weighted by Crippen LogP contribution is -1.86. The minimum absolute atomic E-state index is 0.304. The van der Waals surface area contributed by atoms with E-state index in [0.717, 1.165) is 11.5 Å². The number of azide groups is 1. The van der Waals surface area contributed by atoms with Crippen LogP contribution in [0.2, 0.25) is 0 Å². The highest BCUT2D eigenvalue weighted by Crippen LogP contribution is 2.41. The summed E-state index contributed by atoms with van der Waals surface area (Å²) >= 11 is 0. The van der Waals surface area contributed by atoms with E-state index >= 15 is 0 Å². The monoisotopic (exact) mass is 164 g/mol. The van der Waals surface area contributed by atoms with E-state index < -0.39 is 0 Å². The fraction of sp³-hybridized carbons (Fsp3) is 0.571. The van der Waals surface area contributed by atoms with Gasteiger partial charge in [-0.2, -0.15) is 0 Å². The summed E-state index contributed by atoms with van der Waals surface area (Å²) in [6, 6.07) is 0. The maximum Gasteiger partial charge on any atom is 0.181 e. The third-order valence-electron chi connectivity index (χ3n) is 1.90. The second-order valence-corrected chi connectivity index (χ2v) is 2.83. The molecule has 1 saturated carbocycles. The molecule has 0 atom stereocenters. The normalized spacial score (nSPS) is 15.7. The summed E-state index contributed by atoms with van der Waals surface area (Å²) < 4.78 is 5.19. The van der Waals surface area contributed by atoms with Gasteiger partial charge < -0.3 is 4.42 Å². The van der Waals surface area contributed by atoms with Gasteiger partial charge in [0.2, 0.25) is 0 Å². The molecule has 0 unspecified atom stereocenters. The van der Waals surface area contributed by atoms with Crippen LogP contribution in [0.4, 0.5) is 0 Å². The quantitative estimate of drug-likeness (QED) is 0.390. The van der Waals surface area contributed by atoms with Gasteiger partial charge in [-0.25, -0.2) is 4.98 Å². The molecule has 0 aliphatic heterocycles. The summed E-state index contributed by atoms with van der Waals surface area (Å²) in [4.78, 5) is 6.66. The number of nitrogens with zero attached hydrogens (tertiary/aromatic N) is 4. The summed E-state index contributed by atoms with van der Waals surface area (Å²) in [6.07, 6.45) is 3.74. The van der Waals surface area contributed by atoms with Gasteiger partial charge in [0.1, 0.15) is 5.76 Å². The Kier molecular flexibility index (Phi) is 1.72. The number of oxazole rings is 1. The van der Waals surface area contributed by atoms with Crippen molar-refractivity contribution in [2.45, 2.75) is 25.3 Å². The Labute approximate surface area is 69.0 Å². The Morgan fingerprint density at radius 1 is 1.75 bits per heavy atom. The minimum atomic E-state index is 0.304. The second-order valence-electron chi connectivity index (χ2n) is 2.83. The number of rotatable bonds is 3. The zero-order valence-corrected chi connectivity index (χ0v) is 6.47. The molecule has 1 aliphatic rings. The highest BCUT2D eigenvalue weighted by Gasteiger charge is 2.29. The average molecular weight is 164 g/mol. The van der Waals surface area contributed by atoms with Crippen LogP contribution in [-0.2, 0) is 6.54 Å². The summed E-state index contributed by atoms with van der Waals surface area (Å²) in [6.45, 7) is 0.304. The van der Waals surface area contributed by atoms with Crippen LogP contribution in [-0.4, -0.2) is 4.98 Å². The fourth-order valence-corrected chi connectivity index (χ4v) is 1.17. The van der Waals surface area contributed by atoms with Gasteiger partial charge in [0, 0.05) is 10.8 Å². The van der Waals surface area contributed by atoms with Crippen molar-refractivity contribution < 1.29 is 4.42 Å². The molecule has 5 nitrogen and oxygen atoms in total. The molecule has 0 radical (unpaired) electrons. The first-order valence-electron chi connectivity index (χ1n) is 3.85. The standard InChI is InChI=1S/C7H8N4O/c8-11-10-3-6-7(5-1-2-5)12-4-9-6/h4-5H,1-3H2. The van der Waals surface area contributed by atoms with Crippen LogP contribution < -0.4 is 0 Å². The predicted octanol–water partition coefficient (Wildman–Crippen LogP) is 2.36. The molecule has 0 amide bonds. The summed E-state index contributed by atoms with van der Waals surface area (Å²) in [7, 11) is 0. The van der Waals surface area contributed by atoms with Crippen LogP contribution in [0.1, 0.15) is 30.2 Å². The zero-order valence-electron chi connectivity index (χ0n) is 6.47. The molecule has 0 spiro atoms. The van der Waals surface area contributed by atoms with E-state index in [0.29, 0.717) is 12.5 Å². The fourth-order valence-electron chi connectivity index (χ4n) is 1.17. The first kappa shape index (κ1) is 7.18. The van der Waals surface area contributed by atoms with E-state index in [1.54, 1.807) is 0 Å². The molecular weight excluding hydrogens is 156 g/mol. The molecule has 0 aromatic carbocycles. The van der Waals surface area contributed by atoms with Crippen molar-refractivity contribution in [1.82, 2.24) is 4.98 Å². The third-order valence-corrected chi connectivity index (χ3v) is 1.90.